The summed E-state index contributed by atoms with van der Waals surface area (Å²) in [5.74, 6) is -2.02. The Balaban J connectivity index is 1.65. The lowest BCUT2D eigenvalue weighted by atomic mass is 9.80. The molecule has 9 heteroatoms. The number of halogens is 2. The topological polar surface area (TPSA) is 97.0 Å². The fourth-order valence-electron chi connectivity index (χ4n) is 3.90. The maximum Gasteiger partial charge on any atom is 0.182 e. The standard InChI is InChI=1S/C25H23F2N3O4/c1-16-23(19(33)12-25(14-31,15-32)21-9-2-3-10-28-21)30-11-5-8-20(24(30)29-16)34-13-17-6-4-7-18(26)22(17)27/h2-11,31-32H,12-15H2,1H3. The summed E-state index contributed by atoms with van der Waals surface area (Å²) in [4.78, 5) is 22.0. The zero-order valence-electron chi connectivity index (χ0n) is 18.4. The number of ketones is 1. The maximum atomic E-state index is 14.0. The first kappa shape index (κ1) is 23.5. The molecule has 4 aromatic rings. The molecular formula is C25H23F2N3O4. The first-order valence-electron chi connectivity index (χ1n) is 10.6. The monoisotopic (exact) mass is 467 g/mol. The van der Waals surface area contributed by atoms with E-state index in [1.165, 1.54) is 18.3 Å². The van der Waals surface area contributed by atoms with E-state index in [0.29, 0.717) is 17.0 Å². The van der Waals surface area contributed by atoms with Gasteiger partial charge in [-0.2, -0.15) is 0 Å². The number of pyridine rings is 2. The summed E-state index contributed by atoms with van der Waals surface area (Å²) in [6, 6.07) is 12.2. The van der Waals surface area contributed by atoms with E-state index in [9.17, 15) is 23.8 Å². The van der Waals surface area contributed by atoms with Crippen LogP contribution in [0.5, 0.6) is 5.75 Å². The third-order valence-corrected chi connectivity index (χ3v) is 5.78. The largest absolute Gasteiger partial charge is 0.485 e. The number of hydrogen-bond acceptors (Lipinski definition) is 6. The predicted octanol–water partition coefficient (Wildman–Crippen LogP) is 3.39. The van der Waals surface area contributed by atoms with E-state index in [0.717, 1.165) is 6.07 Å². The molecule has 1 aromatic carbocycles. The van der Waals surface area contributed by atoms with E-state index >= 15 is 0 Å². The minimum Gasteiger partial charge on any atom is -0.485 e. The summed E-state index contributed by atoms with van der Waals surface area (Å²) in [5, 5.41) is 20.1. The van der Waals surface area contributed by atoms with Crippen LogP contribution < -0.4 is 4.74 Å². The molecule has 0 atom stereocenters. The van der Waals surface area contributed by atoms with Gasteiger partial charge in [-0.3, -0.25) is 14.2 Å². The van der Waals surface area contributed by atoms with Crippen molar-refractivity contribution in [3.63, 3.8) is 0 Å². The van der Waals surface area contributed by atoms with Crippen molar-refractivity contribution in [3.8, 4) is 5.75 Å². The van der Waals surface area contributed by atoms with Crippen LogP contribution in [-0.4, -0.2) is 43.6 Å². The van der Waals surface area contributed by atoms with Gasteiger partial charge in [0.25, 0.3) is 0 Å². The highest BCUT2D eigenvalue weighted by Gasteiger charge is 2.36. The molecule has 4 rings (SSSR count). The summed E-state index contributed by atoms with van der Waals surface area (Å²) in [7, 11) is 0. The van der Waals surface area contributed by atoms with Gasteiger partial charge in [-0.1, -0.05) is 18.2 Å². The van der Waals surface area contributed by atoms with Crippen LogP contribution >= 0.6 is 0 Å². The molecule has 0 aliphatic rings. The molecule has 0 aliphatic heterocycles. The Kier molecular flexibility index (Phi) is 6.67. The number of Topliss-reactive ketones (excluding diaryl/α,β-unsaturated/α-hetero) is 1. The van der Waals surface area contributed by atoms with Crippen LogP contribution in [0.2, 0.25) is 0 Å². The van der Waals surface area contributed by atoms with Crippen molar-refractivity contribution in [1.29, 1.82) is 0 Å². The molecule has 2 N–H and O–H groups in total. The number of carbonyl (C=O) groups is 1. The Morgan fingerprint density at radius 3 is 2.59 bits per heavy atom. The second-order valence-corrected chi connectivity index (χ2v) is 8.02. The zero-order valence-corrected chi connectivity index (χ0v) is 18.4. The molecule has 0 spiro atoms. The number of aryl methyl sites for hydroxylation is 1. The minimum atomic E-state index is -1.27. The molecule has 7 nitrogen and oxygen atoms in total. The second kappa shape index (κ2) is 9.66. The predicted molar refractivity (Wildman–Crippen MR) is 120 cm³/mol. The lowest BCUT2D eigenvalue weighted by Gasteiger charge is -2.28. The Labute approximate surface area is 194 Å². The van der Waals surface area contributed by atoms with E-state index in [4.69, 9.17) is 4.74 Å². The van der Waals surface area contributed by atoms with Crippen molar-refractivity contribution in [2.45, 2.75) is 25.4 Å². The molecule has 0 aliphatic carbocycles. The van der Waals surface area contributed by atoms with E-state index in [1.54, 1.807) is 47.9 Å². The van der Waals surface area contributed by atoms with Gasteiger partial charge in [-0.15, -0.1) is 0 Å². The quantitative estimate of drug-likeness (QED) is 0.367. The number of ether oxygens (including phenoxy) is 1. The molecule has 0 unspecified atom stereocenters. The number of rotatable bonds is 9. The van der Waals surface area contributed by atoms with Gasteiger partial charge in [0.05, 0.1) is 30.0 Å². The summed E-state index contributed by atoms with van der Waals surface area (Å²) in [6.07, 6.45) is 2.97. The summed E-state index contributed by atoms with van der Waals surface area (Å²) in [6.45, 7) is 0.484. The van der Waals surface area contributed by atoms with E-state index in [2.05, 4.69) is 9.97 Å². The van der Waals surface area contributed by atoms with Crippen molar-refractivity contribution < 1.29 is 28.5 Å². The van der Waals surface area contributed by atoms with Crippen LogP contribution in [0.25, 0.3) is 5.65 Å². The third kappa shape index (κ3) is 4.27. The highest BCUT2D eigenvalue weighted by atomic mass is 19.2. The molecule has 0 saturated carbocycles. The van der Waals surface area contributed by atoms with Crippen LogP contribution in [0.1, 0.15) is 33.9 Å². The van der Waals surface area contributed by atoms with Gasteiger partial charge in [0.2, 0.25) is 0 Å². The summed E-state index contributed by atoms with van der Waals surface area (Å²) >= 11 is 0. The highest BCUT2D eigenvalue weighted by molar-refractivity contribution is 5.97. The van der Waals surface area contributed by atoms with Crippen LogP contribution in [-0.2, 0) is 12.0 Å². The van der Waals surface area contributed by atoms with Gasteiger partial charge in [0.1, 0.15) is 12.3 Å². The number of aromatic nitrogens is 3. The van der Waals surface area contributed by atoms with Crippen molar-refractivity contribution in [2.24, 2.45) is 0 Å². The molecule has 34 heavy (non-hydrogen) atoms. The SMILES string of the molecule is Cc1nc2c(OCc3cccc(F)c3F)cccn2c1C(=O)CC(CO)(CO)c1ccccn1. The lowest BCUT2D eigenvalue weighted by molar-refractivity contribution is 0.0771. The molecule has 0 amide bonds. The van der Waals surface area contributed by atoms with Gasteiger partial charge >= 0.3 is 0 Å². The number of fused-ring (bicyclic) bond motifs is 1. The van der Waals surface area contributed by atoms with Crippen molar-refractivity contribution in [1.82, 2.24) is 14.4 Å². The normalized spacial score (nSPS) is 11.7. The Hall–Kier alpha value is -3.69. The number of benzene rings is 1. The Morgan fingerprint density at radius 1 is 1.09 bits per heavy atom. The molecule has 3 heterocycles. The average molecular weight is 467 g/mol. The van der Waals surface area contributed by atoms with Gasteiger partial charge in [0, 0.05) is 24.4 Å². The van der Waals surface area contributed by atoms with Crippen molar-refractivity contribution in [3.05, 3.63) is 95.2 Å². The number of hydrogen-bond donors (Lipinski definition) is 2. The number of nitrogens with zero attached hydrogens (tertiary/aromatic N) is 3. The maximum absolute atomic E-state index is 14.0. The molecule has 0 bridgehead atoms. The van der Waals surface area contributed by atoms with E-state index in [-0.39, 0.29) is 35.8 Å². The molecule has 0 saturated heterocycles. The Morgan fingerprint density at radius 2 is 1.88 bits per heavy atom. The molecule has 176 valence electrons. The van der Waals surface area contributed by atoms with Gasteiger partial charge in [-0.05, 0) is 37.3 Å². The summed E-state index contributed by atoms with van der Waals surface area (Å²) < 4.78 is 34.7. The zero-order chi connectivity index (χ0) is 24.3. The van der Waals surface area contributed by atoms with E-state index in [1.807, 2.05) is 0 Å². The number of imidazole rings is 1. The first-order chi connectivity index (χ1) is 16.4. The van der Waals surface area contributed by atoms with Gasteiger partial charge < -0.3 is 14.9 Å². The number of carbonyl (C=O) groups excluding carboxylic acids is 1. The van der Waals surface area contributed by atoms with Gasteiger partial charge in [-0.25, -0.2) is 13.8 Å². The number of aliphatic hydroxyl groups excluding tert-OH is 2. The van der Waals surface area contributed by atoms with Crippen molar-refractivity contribution in [2.75, 3.05) is 13.2 Å². The first-order valence-corrected chi connectivity index (χ1v) is 10.6. The van der Waals surface area contributed by atoms with Crippen LogP contribution in [0.15, 0.2) is 60.9 Å². The van der Waals surface area contributed by atoms with Crippen molar-refractivity contribution >= 4 is 11.4 Å². The minimum absolute atomic E-state index is 0.0487. The van der Waals surface area contributed by atoms with E-state index < -0.39 is 30.3 Å². The smallest absolute Gasteiger partial charge is 0.182 e. The second-order valence-electron chi connectivity index (χ2n) is 8.02. The van der Waals surface area contributed by atoms with Crippen LogP contribution in [0.4, 0.5) is 8.78 Å². The average Bonchev–Trinajstić information content (AvgIpc) is 3.20. The highest BCUT2D eigenvalue weighted by Crippen LogP contribution is 2.30. The fourth-order valence-corrected chi connectivity index (χ4v) is 3.90. The fraction of sp³-hybridized carbons (Fsp3) is 0.240. The van der Waals surface area contributed by atoms with Crippen LogP contribution in [0.3, 0.4) is 0 Å². The van der Waals surface area contributed by atoms with Crippen LogP contribution in [0, 0.1) is 18.6 Å². The summed E-state index contributed by atoms with van der Waals surface area (Å²) in [5.41, 5.74) is 0.200. The van der Waals surface area contributed by atoms with Gasteiger partial charge in [0.15, 0.2) is 28.8 Å². The molecular weight excluding hydrogens is 444 g/mol. The lowest BCUT2D eigenvalue weighted by Crippen LogP contribution is -2.38. The molecule has 0 fully saturated rings. The number of aliphatic hydroxyl groups is 2. The Bertz CT molecular complexity index is 1320. The molecule has 3 aromatic heterocycles. The third-order valence-electron chi connectivity index (χ3n) is 5.78. The molecule has 0 radical (unpaired) electrons.